The van der Waals surface area contributed by atoms with Gasteiger partial charge >= 0.3 is 6.18 Å². The number of unbranched alkanes of at least 4 members (excludes halogenated alkanes) is 1. The summed E-state index contributed by atoms with van der Waals surface area (Å²) in [7, 11) is 0. The quantitative estimate of drug-likeness (QED) is 0.636. The molecular weight excluding hydrogens is 189 g/mol. The highest BCUT2D eigenvalue weighted by atomic mass is 19.4. The summed E-state index contributed by atoms with van der Waals surface area (Å²) >= 11 is 0. The zero-order chi connectivity index (χ0) is 10.6. The van der Waals surface area contributed by atoms with Gasteiger partial charge in [-0.1, -0.05) is 32.6 Å². The minimum absolute atomic E-state index is 0.0819. The number of rotatable bonds is 4. The van der Waals surface area contributed by atoms with Crippen LogP contribution in [0.2, 0.25) is 0 Å². The number of hydrogen-bond donors (Lipinski definition) is 0. The Balaban J connectivity index is 2.51. The molecule has 1 aliphatic carbocycles. The Kier molecular flexibility index (Phi) is 4.27. The van der Waals surface area contributed by atoms with E-state index in [4.69, 9.17) is 0 Å². The Morgan fingerprint density at radius 3 is 2.21 bits per heavy atom. The van der Waals surface area contributed by atoms with Gasteiger partial charge in [0.15, 0.2) is 0 Å². The van der Waals surface area contributed by atoms with Crippen molar-refractivity contribution in [3.05, 3.63) is 0 Å². The van der Waals surface area contributed by atoms with Gasteiger partial charge in [-0.15, -0.1) is 0 Å². The van der Waals surface area contributed by atoms with Gasteiger partial charge in [0.25, 0.3) is 0 Å². The summed E-state index contributed by atoms with van der Waals surface area (Å²) in [5.41, 5.74) is 0. The zero-order valence-corrected chi connectivity index (χ0v) is 8.74. The number of hydrogen-bond acceptors (Lipinski definition) is 0. The Morgan fingerprint density at radius 1 is 1.21 bits per heavy atom. The standard InChI is InChI=1S/C11H19F3/c1-2-3-8-10(11(12,13)14)9-6-4-5-7-9/h9-10H,2-8H2,1H3. The van der Waals surface area contributed by atoms with Crippen molar-refractivity contribution < 1.29 is 13.2 Å². The van der Waals surface area contributed by atoms with Crippen LogP contribution >= 0.6 is 0 Å². The molecule has 1 fully saturated rings. The first kappa shape index (κ1) is 11.9. The Labute approximate surface area is 83.9 Å². The Hall–Kier alpha value is -0.210. The minimum Gasteiger partial charge on any atom is -0.171 e. The van der Waals surface area contributed by atoms with E-state index in [-0.39, 0.29) is 5.92 Å². The van der Waals surface area contributed by atoms with Gasteiger partial charge in [0.05, 0.1) is 5.92 Å². The van der Waals surface area contributed by atoms with E-state index in [1.165, 1.54) is 0 Å². The van der Waals surface area contributed by atoms with Gasteiger partial charge in [-0.25, -0.2) is 0 Å². The van der Waals surface area contributed by atoms with Crippen LogP contribution in [0.1, 0.15) is 51.9 Å². The second-order valence-corrected chi connectivity index (χ2v) is 4.33. The molecule has 3 heteroatoms. The summed E-state index contributed by atoms with van der Waals surface area (Å²) in [6, 6.07) is 0. The molecule has 1 aliphatic rings. The largest absolute Gasteiger partial charge is 0.392 e. The van der Waals surface area contributed by atoms with Crippen molar-refractivity contribution in [3.8, 4) is 0 Å². The van der Waals surface area contributed by atoms with Crippen LogP contribution in [0.15, 0.2) is 0 Å². The molecule has 0 aromatic carbocycles. The van der Waals surface area contributed by atoms with E-state index in [2.05, 4.69) is 0 Å². The molecule has 0 aromatic rings. The van der Waals surface area contributed by atoms with Crippen LogP contribution in [0.5, 0.6) is 0 Å². The lowest BCUT2D eigenvalue weighted by Crippen LogP contribution is -2.29. The zero-order valence-electron chi connectivity index (χ0n) is 8.74. The smallest absolute Gasteiger partial charge is 0.171 e. The van der Waals surface area contributed by atoms with Crippen molar-refractivity contribution in [1.82, 2.24) is 0 Å². The normalized spacial score (nSPS) is 21.4. The first-order chi connectivity index (χ1) is 6.55. The molecule has 0 nitrogen and oxygen atoms in total. The van der Waals surface area contributed by atoms with E-state index < -0.39 is 12.1 Å². The molecule has 0 heterocycles. The van der Waals surface area contributed by atoms with Crippen molar-refractivity contribution in [2.45, 2.75) is 58.0 Å². The van der Waals surface area contributed by atoms with Crippen molar-refractivity contribution in [3.63, 3.8) is 0 Å². The molecule has 1 atom stereocenters. The van der Waals surface area contributed by atoms with Crippen LogP contribution in [0, 0.1) is 11.8 Å². The van der Waals surface area contributed by atoms with Crippen LogP contribution in [-0.2, 0) is 0 Å². The molecule has 0 N–H and O–H groups in total. The van der Waals surface area contributed by atoms with Gasteiger partial charge in [-0.2, -0.15) is 13.2 Å². The Bertz CT molecular complexity index is 156. The van der Waals surface area contributed by atoms with Gasteiger partial charge < -0.3 is 0 Å². The fourth-order valence-corrected chi connectivity index (χ4v) is 2.45. The molecule has 0 aliphatic heterocycles. The van der Waals surface area contributed by atoms with E-state index in [9.17, 15) is 13.2 Å². The van der Waals surface area contributed by atoms with Crippen LogP contribution in [0.4, 0.5) is 13.2 Å². The van der Waals surface area contributed by atoms with E-state index in [1.807, 2.05) is 6.92 Å². The van der Waals surface area contributed by atoms with Crippen LogP contribution in [0.25, 0.3) is 0 Å². The molecule has 1 unspecified atom stereocenters. The highest BCUT2D eigenvalue weighted by Crippen LogP contribution is 2.42. The van der Waals surface area contributed by atoms with Gasteiger partial charge in [0.2, 0.25) is 0 Å². The van der Waals surface area contributed by atoms with E-state index in [0.29, 0.717) is 12.8 Å². The molecule has 14 heavy (non-hydrogen) atoms. The molecule has 0 amide bonds. The molecule has 0 bridgehead atoms. The lowest BCUT2D eigenvalue weighted by molar-refractivity contribution is -0.190. The van der Waals surface area contributed by atoms with E-state index in [1.54, 1.807) is 0 Å². The van der Waals surface area contributed by atoms with Gasteiger partial charge in [-0.3, -0.25) is 0 Å². The molecule has 0 aromatic heterocycles. The average Bonchev–Trinajstić information content (AvgIpc) is 2.55. The number of alkyl halides is 3. The van der Waals surface area contributed by atoms with Gasteiger partial charge in [0, 0.05) is 0 Å². The van der Waals surface area contributed by atoms with Crippen LogP contribution < -0.4 is 0 Å². The maximum Gasteiger partial charge on any atom is 0.392 e. The lowest BCUT2D eigenvalue weighted by atomic mass is 9.86. The monoisotopic (exact) mass is 208 g/mol. The summed E-state index contributed by atoms with van der Waals surface area (Å²) in [5.74, 6) is -1.11. The van der Waals surface area contributed by atoms with Crippen molar-refractivity contribution in [2.24, 2.45) is 11.8 Å². The molecular formula is C11H19F3. The fourth-order valence-electron chi connectivity index (χ4n) is 2.45. The van der Waals surface area contributed by atoms with Gasteiger partial charge in [0.1, 0.15) is 0 Å². The molecule has 1 saturated carbocycles. The fraction of sp³-hybridized carbons (Fsp3) is 1.00. The lowest BCUT2D eigenvalue weighted by Gasteiger charge is -2.25. The van der Waals surface area contributed by atoms with Crippen LogP contribution in [-0.4, -0.2) is 6.18 Å². The maximum atomic E-state index is 12.7. The highest BCUT2D eigenvalue weighted by molar-refractivity contribution is 4.80. The molecule has 0 saturated heterocycles. The third-order valence-corrected chi connectivity index (χ3v) is 3.26. The first-order valence-electron chi connectivity index (χ1n) is 5.62. The van der Waals surface area contributed by atoms with E-state index >= 15 is 0 Å². The average molecular weight is 208 g/mol. The summed E-state index contributed by atoms with van der Waals surface area (Å²) in [6.45, 7) is 1.95. The molecule has 0 spiro atoms. The van der Waals surface area contributed by atoms with Crippen molar-refractivity contribution >= 4 is 0 Å². The summed E-state index contributed by atoms with van der Waals surface area (Å²) in [5, 5.41) is 0. The molecule has 0 radical (unpaired) electrons. The second-order valence-electron chi connectivity index (χ2n) is 4.33. The third-order valence-electron chi connectivity index (χ3n) is 3.26. The number of halogens is 3. The van der Waals surface area contributed by atoms with Crippen molar-refractivity contribution in [2.75, 3.05) is 0 Å². The van der Waals surface area contributed by atoms with Gasteiger partial charge in [-0.05, 0) is 25.2 Å². The first-order valence-corrected chi connectivity index (χ1v) is 5.62. The summed E-state index contributed by atoms with van der Waals surface area (Å²) in [6.07, 6.45) is 1.49. The minimum atomic E-state index is -3.97. The SMILES string of the molecule is CCCCC(C1CCCC1)C(F)(F)F. The topological polar surface area (TPSA) is 0 Å². The van der Waals surface area contributed by atoms with Crippen LogP contribution in [0.3, 0.4) is 0 Å². The maximum absolute atomic E-state index is 12.7. The summed E-state index contributed by atoms with van der Waals surface area (Å²) < 4.78 is 38.1. The second kappa shape index (κ2) is 5.04. The van der Waals surface area contributed by atoms with E-state index in [0.717, 1.165) is 32.1 Å². The molecule has 84 valence electrons. The summed E-state index contributed by atoms with van der Waals surface area (Å²) in [4.78, 5) is 0. The molecule has 1 rings (SSSR count). The predicted octanol–water partition coefficient (Wildman–Crippen LogP) is 4.55. The third kappa shape index (κ3) is 3.18. The highest BCUT2D eigenvalue weighted by Gasteiger charge is 2.44. The predicted molar refractivity (Wildman–Crippen MR) is 51.0 cm³/mol. The van der Waals surface area contributed by atoms with Crippen molar-refractivity contribution in [1.29, 1.82) is 0 Å². The Morgan fingerprint density at radius 2 is 1.79 bits per heavy atom.